The number of ether oxygens (including phenoxy) is 1. The molecule has 0 aliphatic heterocycles. The molecule has 94 valence electrons. The Morgan fingerprint density at radius 2 is 1.89 bits per heavy atom. The monoisotopic (exact) mass is 254 g/mol. The minimum Gasteiger partial charge on any atom is -0.450 e. The first-order valence-electron chi connectivity index (χ1n) is 5.53. The average molecular weight is 254 g/mol. The van der Waals surface area contributed by atoms with E-state index in [9.17, 15) is 10.1 Å². The standard InChI is InChI=1S/C14H10N2O3/c1-10-2-7-13(16(17)18)14(8-10)19-12-5-3-11(9-15)4-6-12/h2-8H,1H3. The van der Waals surface area contributed by atoms with Crippen LogP contribution in [0.4, 0.5) is 5.69 Å². The van der Waals surface area contributed by atoms with E-state index in [1.54, 1.807) is 36.4 Å². The van der Waals surface area contributed by atoms with Gasteiger partial charge in [-0.15, -0.1) is 0 Å². The van der Waals surface area contributed by atoms with Crippen LogP contribution in [0.25, 0.3) is 0 Å². The largest absolute Gasteiger partial charge is 0.450 e. The second-order valence-corrected chi connectivity index (χ2v) is 3.97. The van der Waals surface area contributed by atoms with Gasteiger partial charge >= 0.3 is 5.69 Å². The third kappa shape index (κ3) is 2.87. The first-order chi connectivity index (χ1) is 9.10. The Kier molecular flexibility index (Phi) is 3.44. The molecule has 2 aromatic rings. The molecule has 2 aromatic carbocycles. The zero-order valence-corrected chi connectivity index (χ0v) is 10.2. The highest BCUT2D eigenvalue weighted by molar-refractivity contribution is 5.50. The van der Waals surface area contributed by atoms with E-state index in [0.29, 0.717) is 11.3 Å². The van der Waals surface area contributed by atoms with Crippen LogP contribution < -0.4 is 4.74 Å². The molecule has 0 unspecified atom stereocenters. The molecule has 0 fully saturated rings. The van der Waals surface area contributed by atoms with Crippen LogP contribution in [0.2, 0.25) is 0 Å². The molecule has 0 spiro atoms. The summed E-state index contributed by atoms with van der Waals surface area (Å²) >= 11 is 0. The number of aryl methyl sites for hydroxylation is 1. The zero-order chi connectivity index (χ0) is 13.8. The topological polar surface area (TPSA) is 76.2 Å². The molecule has 19 heavy (non-hydrogen) atoms. The maximum atomic E-state index is 10.9. The number of nitrogens with zero attached hydrogens (tertiary/aromatic N) is 2. The average Bonchev–Trinajstić information content (AvgIpc) is 2.39. The molecule has 5 heteroatoms. The van der Waals surface area contributed by atoms with Crippen molar-refractivity contribution >= 4 is 5.69 Å². The van der Waals surface area contributed by atoms with Gasteiger partial charge in [-0.25, -0.2) is 0 Å². The molecule has 0 aromatic heterocycles. The fourth-order valence-electron chi connectivity index (χ4n) is 1.58. The summed E-state index contributed by atoms with van der Waals surface area (Å²) in [6.45, 7) is 1.83. The lowest BCUT2D eigenvalue weighted by Crippen LogP contribution is -1.94. The third-order valence-corrected chi connectivity index (χ3v) is 2.52. The Balaban J connectivity index is 2.34. The van der Waals surface area contributed by atoms with E-state index < -0.39 is 4.92 Å². The maximum absolute atomic E-state index is 10.9. The summed E-state index contributed by atoms with van der Waals surface area (Å²) in [7, 11) is 0. The SMILES string of the molecule is Cc1ccc([N+](=O)[O-])c(Oc2ccc(C#N)cc2)c1. The van der Waals surface area contributed by atoms with Crippen molar-refractivity contribution in [3.05, 3.63) is 63.7 Å². The highest BCUT2D eigenvalue weighted by atomic mass is 16.6. The highest BCUT2D eigenvalue weighted by Crippen LogP contribution is 2.32. The fourth-order valence-corrected chi connectivity index (χ4v) is 1.58. The number of nitro groups is 1. The van der Waals surface area contributed by atoms with Gasteiger partial charge in [-0.2, -0.15) is 5.26 Å². The van der Waals surface area contributed by atoms with Crippen molar-refractivity contribution in [1.82, 2.24) is 0 Å². The van der Waals surface area contributed by atoms with Crippen LogP contribution in [0.1, 0.15) is 11.1 Å². The molecule has 0 aliphatic rings. The molecule has 0 saturated carbocycles. The Labute approximate surface area is 109 Å². The molecular formula is C14H10N2O3. The maximum Gasteiger partial charge on any atom is 0.311 e. The summed E-state index contributed by atoms with van der Waals surface area (Å²) in [5, 5.41) is 19.6. The molecule has 0 heterocycles. The summed E-state index contributed by atoms with van der Waals surface area (Å²) in [4.78, 5) is 10.4. The van der Waals surface area contributed by atoms with Gasteiger partial charge in [0.15, 0.2) is 0 Å². The lowest BCUT2D eigenvalue weighted by atomic mass is 10.2. The van der Waals surface area contributed by atoms with E-state index in [0.717, 1.165) is 5.56 Å². The molecule has 0 bridgehead atoms. The van der Waals surface area contributed by atoms with Crippen molar-refractivity contribution in [1.29, 1.82) is 5.26 Å². The normalized spacial score (nSPS) is 9.68. The van der Waals surface area contributed by atoms with E-state index in [-0.39, 0.29) is 11.4 Å². The minimum absolute atomic E-state index is 0.0880. The van der Waals surface area contributed by atoms with E-state index in [4.69, 9.17) is 10.00 Å². The molecule has 0 radical (unpaired) electrons. The van der Waals surface area contributed by atoms with E-state index in [1.165, 1.54) is 6.07 Å². The molecule has 0 aliphatic carbocycles. The number of hydrogen-bond donors (Lipinski definition) is 0. The predicted octanol–water partition coefficient (Wildman–Crippen LogP) is 3.57. The highest BCUT2D eigenvalue weighted by Gasteiger charge is 2.15. The lowest BCUT2D eigenvalue weighted by molar-refractivity contribution is -0.385. The number of hydrogen-bond acceptors (Lipinski definition) is 4. The van der Waals surface area contributed by atoms with Crippen molar-refractivity contribution in [2.24, 2.45) is 0 Å². The second kappa shape index (κ2) is 5.19. The van der Waals surface area contributed by atoms with Gasteiger partial charge in [0.2, 0.25) is 5.75 Å². The van der Waals surface area contributed by atoms with Crippen LogP contribution >= 0.6 is 0 Å². The van der Waals surface area contributed by atoms with Crippen LogP contribution in [-0.4, -0.2) is 4.92 Å². The number of nitriles is 1. The van der Waals surface area contributed by atoms with Crippen LogP contribution in [0.5, 0.6) is 11.5 Å². The van der Waals surface area contributed by atoms with Gasteiger partial charge in [0, 0.05) is 6.07 Å². The van der Waals surface area contributed by atoms with Gasteiger partial charge in [0.1, 0.15) is 5.75 Å². The quantitative estimate of drug-likeness (QED) is 0.619. The van der Waals surface area contributed by atoms with Gasteiger partial charge in [0.05, 0.1) is 16.6 Å². The van der Waals surface area contributed by atoms with Crippen LogP contribution in [-0.2, 0) is 0 Å². The molecule has 2 rings (SSSR count). The van der Waals surface area contributed by atoms with Crippen LogP contribution in [0, 0.1) is 28.4 Å². The molecule has 0 saturated heterocycles. The van der Waals surface area contributed by atoms with Gasteiger partial charge in [-0.1, -0.05) is 6.07 Å². The minimum atomic E-state index is -0.488. The van der Waals surface area contributed by atoms with Crippen molar-refractivity contribution in [3.8, 4) is 17.6 Å². The van der Waals surface area contributed by atoms with Crippen molar-refractivity contribution in [2.45, 2.75) is 6.92 Å². The van der Waals surface area contributed by atoms with Crippen molar-refractivity contribution < 1.29 is 9.66 Å². The first-order valence-corrected chi connectivity index (χ1v) is 5.53. The van der Waals surface area contributed by atoms with Crippen molar-refractivity contribution in [3.63, 3.8) is 0 Å². The van der Waals surface area contributed by atoms with E-state index in [2.05, 4.69) is 0 Å². The van der Waals surface area contributed by atoms with Gasteiger partial charge in [-0.05, 0) is 42.8 Å². The van der Waals surface area contributed by atoms with Crippen LogP contribution in [0.3, 0.4) is 0 Å². The molecule has 5 nitrogen and oxygen atoms in total. The summed E-state index contributed by atoms with van der Waals surface area (Å²) in [5.74, 6) is 0.641. The van der Waals surface area contributed by atoms with Crippen molar-refractivity contribution in [2.75, 3.05) is 0 Å². The Bertz CT molecular complexity index is 657. The Morgan fingerprint density at radius 3 is 2.47 bits per heavy atom. The van der Waals surface area contributed by atoms with Gasteiger partial charge in [-0.3, -0.25) is 10.1 Å². The van der Waals surface area contributed by atoms with E-state index in [1.807, 2.05) is 13.0 Å². The van der Waals surface area contributed by atoms with Gasteiger partial charge in [0.25, 0.3) is 0 Å². The summed E-state index contributed by atoms with van der Waals surface area (Å²) in [6, 6.07) is 13.1. The number of rotatable bonds is 3. The summed E-state index contributed by atoms with van der Waals surface area (Å²) in [6.07, 6.45) is 0. The number of benzene rings is 2. The van der Waals surface area contributed by atoms with E-state index >= 15 is 0 Å². The van der Waals surface area contributed by atoms with Crippen LogP contribution in [0.15, 0.2) is 42.5 Å². The lowest BCUT2D eigenvalue weighted by Gasteiger charge is -2.07. The van der Waals surface area contributed by atoms with Gasteiger partial charge < -0.3 is 4.74 Å². The second-order valence-electron chi connectivity index (χ2n) is 3.97. The Morgan fingerprint density at radius 1 is 1.21 bits per heavy atom. The first kappa shape index (κ1) is 12.6. The molecule has 0 N–H and O–H groups in total. The fraction of sp³-hybridized carbons (Fsp3) is 0.0714. The number of nitro benzene ring substituents is 1. The molecule has 0 amide bonds. The third-order valence-electron chi connectivity index (χ3n) is 2.52. The Hall–Kier alpha value is -2.87. The predicted molar refractivity (Wildman–Crippen MR) is 69.1 cm³/mol. The summed E-state index contributed by atoms with van der Waals surface area (Å²) in [5.41, 5.74) is 1.29. The zero-order valence-electron chi connectivity index (χ0n) is 10.2. The molecule has 0 atom stereocenters. The molecular weight excluding hydrogens is 244 g/mol. The summed E-state index contributed by atoms with van der Waals surface area (Å²) < 4.78 is 5.50. The smallest absolute Gasteiger partial charge is 0.311 e.